The van der Waals surface area contributed by atoms with Crippen LogP contribution in [0.4, 0.5) is 16.5 Å². The summed E-state index contributed by atoms with van der Waals surface area (Å²) < 4.78 is 5.23. The molecule has 3 aromatic carbocycles. The second-order valence-corrected chi connectivity index (χ2v) is 8.58. The van der Waals surface area contributed by atoms with E-state index in [1.54, 1.807) is 54.6 Å². The van der Waals surface area contributed by atoms with Crippen LogP contribution in [-0.4, -0.2) is 24.3 Å². The van der Waals surface area contributed by atoms with Crippen LogP contribution in [0.5, 0.6) is 5.75 Å². The number of carbonyl (C=O) groups is 2. The van der Waals surface area contributed by atoms with E-state index in [1.807, 2.05) is 36.4 Å². The van der Waals surface area contributed by atoms with Crippen LogP contribution in [0.1, 0.15) is 25.6 Å². The molecular formula is C25H20ClN3O3S. The fraction of sp³-hybridized carbons (Fsp3) is 0.0800. The molecule has 0 saturated carbocycles. The Morgan fingerprint density at radius 3 is 2.39 bits per heavy atom. The number of methoxy groups -OCH3 is 1. The molecule has 8 heteroatoms. The largest absolute Gasteiger partial charge is 0.497 e. The maximum Gasteiger partial charge on any atom is 0.270 e. The van der Waals surface area contributed by atoms with E-state index in [4.69, 9.17) is 16.3 Å². The number of ether oxygens (including phenoxy) is 1. The first-order valence-electron chi connectivity index (χ1n) is 10.0. The molecule has 6 nitrogen and oxygen atoms in total. The lowest BCUT2D eigenvalue weighted by atomic mass is 10.2. The summed E-state index contributed by atoms with van der Waals surface area (Å²) in [6.45, 7) is 0.373. The molecule has 0 fully saturated rings. The average Bonchev–Trinajstić information content (AvgIpc) is 3.32. The molecule has 1 amide bonds. The van der Waals surface area contributed by atoms with Crippen LogP contribution in [0, 0.1) is 0 Å². The monoisotopic (exact) mass is 477 g/mol. The van der Waals surface area contributed by atoms with Crippen molar-refractivity contribution in [1.29, 1.82) is 0 Å². The van der Waals surface area contributed by atoms with E-state index >= 15 is 0 Å². The van der Waals surface area contributed by atoms with Crippen molar-refractivity contribution in [1.82, 2.24) is 4.98 Å². The number of carbonyl (C=O) groups excluding carboxylic acids is 2. The predicted molar refractivity (Wildman–Crippen MR) is 132 cm³/mol. The van der Waals surface area contributed by atoms with Gasteiger partial charge in [0.15, 0.2) is 5.13 Å². The third-order valence-electron chi connectivity index (χ3n) is 4.90. The minimum Gasteiger partial charge on any atom is -0.497 e. The minimum absolute atomic E-state index is 0.171. The van der Waals surface area contributed by atoms with Crippen molar-refractivity contribution in [2.75, 3.05) is 17.3 Å². The number of hydrogen-bond donors (Lipinski definition) is 1. The van der Waals surface area contributed by atoms with Gasteiger partial charge >= 0.3 is 0 Å². The number of amides is 1. The van der Waals surface area contributed by atoms with Crippen molar-refractivity contribution < 1.29 is 14.3 Å². The third-order valence-corrected chi connectivity index (χ3v) is 6.05. The molecular weight excluding hydrogens is 458 g/mol. The van der Waals surface area contributed by atoms with Crippen molar-refractivity contribution in [2.45, 2.75) is 6.54 Å². The van der Waals surface area contributed by atoms with Crippen molar-refractivity contribution in [2.24, 2.45) is 0 Å². The van der Waals surface area contributed by atoms with E-state index in [0.717, 1.165) is 29.0 Å². The Labute approximate surface area is 200 Å². The lowest BCUT2D eigenvalue weighted by Gasteiger charge is -2.22. The quantitative estimate of drug-likeness (QED) is 0.305. The van der Waals surface area contributed by atoms with Gasteiger partial charge in [0.2, 0.25) is 0 Å². The lowest BCUT2D eigenvalue weighted by molar-refractivity contribution is 0.0988. The zero-order valence-corrected chi connectivity index (χ0v) is 19.3. The van der Waals surface area contributed by atoms with E-state index in [1.165, 1.54) is 11.3 Å². The second kappa shape index (κ2) is 10.3. The Bertz CT molecular complexity index is 1240. The highest BCUT2D eigenvalue weighted by Crippen LogP contribution is 2.28. The van der Waals surface area contributed by atoms with Crippen molar-refractivity contribution >= 4 is 51.6 Å². The molecule has 1 N–H and O–H groups in total. The van der Waals surface area contributed by atoms with E-state index in [2.05, 4.69) is 10.3 Å². The second-order valence-electron chi connectivity index (χ2n) is 7.11. The molecule has 0 aliphatic rings. The number of nitrogens with zero attached hydrogens (tertiary/aromatic N) is 2. The van der Waals surface area contributed by atoms with Gasteiger partial charge in [-0.05, 0) is 66.2 Å². The SMILES string of the molecule is COc1ccc(CN(C(=O)c2cnc(Nc3ccc(C=O)cc3)s2)c2ccc(Cl)cc2)cc1. The maximum absolute atomic E-state index is 13.5. The van der Waals surface area contributed by atoms with Gasteiger partial charge in [0.05, 0.1) is 19.9 Å². The van der Waals surface area contributed by atoms with Gasteiger partial charge in [-0.1, -0.05) is 35.1 Å². The fourth-order valence-corrected chi connectivity index (χ4v) is 4.06. The lowest BCUT2D eigenvalue weighted by Crippen LogP contribution is -2.29. The van der Waals surface area contributed by atoms with Crippen LogP contribution in [0.2, 0.25) is 5.02 Å². The maximum atomic E-state index is 13.5. The first kappa shape index (κ1) is 22.5. The molecule has 0 bridgehead atoms. The molecule has 0 atom stereocenters. The molecule has 0 unspecified atom stereocenters. The Morgan fingerprint density at radius 2 is 1.76 bits per heavy atom. The average molecular weight is 478 g/mol. The van der Waals surface area contributed by atoms with Crippen LogP contribution >= 0.6 is 22.9 Å². The summed E-state index contributed by atoms with van der Waals surface area (Å²) in [7, 11) is 1.62. The molecule has 0 spiro atoms. The number of aromatic nitrogens is 1. The highest BCUT2D eigenvalue weighted by molar-refractivity contribution is 7.17. The smallest absolute Gasteiger partial charge is 0.270 e. The van der Waals surface area contributed by atoms with E-state index < -0.39 is 0 Å². The molecule has 0 radical (unpaired) electrons. The molecule has 33 heavy (non-hydrogen) atoms. The number of benzene rings is 3. The molecule has 166 valence electrons. The summed E-state index contributed by atoms with van der Waals surface area (Å²) in [5.41, 5.74) is 3.05. The van der Waals surface area contributed by atoms with Crippen molar-refractivity contribution in [3.8, 4) is 5.75 Å². The highest BCUT2D eigenvalue weighted by Gasteiger charge is 2.21. The van der Waals surface area contributed by atoms with E-state index in [9.17, 15) is 9.59 Å². The third kappa shape index (κ3) is 5.58. The Hall–Kier alpha value is -3.68. The van der Waals surface area contributed by atoms with Crippen LogP contribution in [0.25, 0.3) is 0 Å². The normalized spacial score (nSPS) is 10.5. The van der Waals surface area contributed by atoms with Crippen LogP contribution in [-0.2, 0) is 6.54 Å². The predicted octanol–water partition coefficient (Wildman–Crippen LogP) is 6.21. The van der Waals surface area contributed by atoms with Gasteiger partial charge in [0.1, 0.15) is 16.9 Å². The highest BCUT2D eigenvalue weighted by atomic mass is 35.5. The van der Waals surface area contributed by atoms with Crippen LogP contribution in [0.3, 0.4) is 0 Å². The molecule has 1 aromatic heterocycles. The van der Waals surface area contributed by atoms with E-state index in [-0.39, 0.29) is 5.91 Å². The first-order valence-corrected chi connectivity index (χ1v) is 11.2. The number of anilines is 3. The summed E-state index contributed by atoms with van der Waals surface area (Å²) >= 11 is 7.31. The van der Waals surface area contributed by atoms with Gasteiger partial charge in [0.25, 0.3) is 5.91 Å². The Morgan fingerprint density at radius 1 is 1.06 bits per heavy atom. The van der Waals surface area contributed by atoms with Crippen molar-refractivity contribution in [3.63, 3.8) is 0 Å². The Balaban J connectivity index is 1.57. The van der Waals surface area contributed by atoms with Gasteiger partial charge in [0, 0.05) is 22.0 Å². The zero-order valence-electron chi connectivity index (χ0n) is 17.7. The summed E-state index contributed by atoms with van der Waals surface area (Å²) in [6.07, 6.45) is 2.35. The summed E-state index contributed by atoms with van der Waals surface area (Å²) in [4.78, 5) is 30.8. The van der Waals surface area contributed by atoms with Gasteiger partial charge in [-0.15, -0.1) is 0 Å². The minimum atomic E-state index is -0.171. The topological polar surface area (TPSA) is 71.5 Å². The van der Waals surface area contributed by atoms with Gasteiger partial charge in [-0.25, -0.2) is 4.98 Å². The zero-order chi connectivity index (χ0) is 23.2. The van der Waals surface area contributed by atoms with Gasteiger partial charge < -0.3 is 15.0 Å². The summed E-state index contributed by atoms with van der Waals surface area (Å²) in [6, 6.07) is 21.7. The summed E-state index contributed by atoms with van der Waals surface area (Å²) in [5.74, 6) is 0.581. The van der Waals surface area contributed by atoms with Crippen molar-refractivity contribution in [3.05, 3.63) is 100 Å². The number of thiazole rings is 1. The number of hydrogen-bond acceptors (Lipinski definition) is 6. The fourth-order valence-electron chi connectivity index (χ4n) is 3.15. The first-order chi connectivity index (χ1) is 16.1. The van der Waals surface area contributed by atoms with E-state index in [0.29, 0.717) is 27.1 Å². The molecule has 1 heterocycles. The summed E-state index contributed by atoms with van der Waals surface area (Å²) in [5, 5.41) is 4.35. The standard InChI is InChI=1S/C25H20ClN3O3S/c1-32-22-12-4-17(5-13-22)15-29(21-10-6-19(26)7-11-21)24(31)23-14-27-25(33-23)28-20-8-2-18(16-30)3-9-20/h2-14,16H,15H2,1H3,(H,27,28). The van der Waals surface area contributed by atoms with Gasteiger partial charge in [-0.3, -0.25) is 9.59 Å². The molecule has 0 aliphatic carbocycles. The molecule has 4 rings (SSSR count). The number of nitrogens with one attached hydrogen (secondary N) is 1. The number of rotatable bonds is 8. The molecule has 0 saturated heterocycles. The molecule has 0 aliphatic heterocycles. The van der Waals surface area contributed by atoms with Crippen LogP contribution < -0.4 is 15.0 Å². The molecule has 4 aromatic rings. The van der Waals surface area contributed by atoms with Crippen LogP contribution in [0.15, 0.2) is 79.0 Å². The Kier molecular flexibility index (Phi) is 7.02. The number of aldehydes is 1. The van der Waals surface area contributed by atoms with Gasteiger partial charge in [-0.2, -0.15) is 0 Å². The number of halogens is 1.